The molecule has 0 radical (unpaired) electrons. The van der Waals surface area contributed by atoms with Gasteiger partial charge in [-0.15, -0.1) is 0 Å². The summed E-state index contributed by atoms with van der Waals surface area (Å²) in [6.07, 6.45) is 5.83. The van der Waals surface area contributed by atoms with E-state index < -0.39 is 4.92 Å². The van der Waals surface area contributed by atoms with Gasteiger partial charge in [0.1, 0.15) is 5.69 Å². The molecule has 37 heavy (non-hydrogen) atoms. The molecule has 1 N–H and O–H groups in total. The van der Waals surface area contributed by atoms with Crippen molar-refractivity contribution in [3.8, 4) is 0 Å². The summed E-state index contributed by atoms with van der Waals surface area (Å²) >= 11 is 3.34. The Labute approximate surface area is 222 Å². The maximum Gasteiger partial charge on any atom is 0.294 e. The predicted molar refractivity (Wildman–Crippen MR) is 143 cm³/mol. The largest absolute Gasteiger partial charge is 0.374 e. The second kappa shape index (κ2) is 10.8. The SMILES string of the molecule is O=C(c1cc(Br)cc([N+](=O)[O-])c1N[C@@H]1CCCN(C(=O)c2cnnc3ccccc23)C1)N1CCCCC1. The van der Waals surface area contributed by atoms with Crippen molar-refractivity contribution in [3.63, 3.8) is 0 Å². The first-order valence-corrected chi connectivity index (χ1v) is 13.2. The Kier molecular flexibility index (Phi) is 7.31. The van der Waals surface area contributed by atoms with Crippen LogP contribution in [0.1, 0.15) is 52.8 Å². The molecule has 3 heterocycles. The number of likely N-dealkylation sites (tertiary alicyclic amines) is 2. The zero-order valence-corrected chi connectivity index (χ0v) is 21.8. The quantitative estimate of drug-likeness (QED) is 0.352. The monoisotopic (exact) mass is 566 g/mol. The Hall–Kier alpha value is -3.60. The van der Waals surface area contributed by atoms with E-state index in [0.717, 1.165) is 31.1 Å². The molecule has 0 spiro atoms. The van der Waals surface area contributed by atoms with E-state index in [-0.39, 0.29) is 34.8 Å². The van der Waals surface area contributed by atoms with Crippen LogP contribution in [-0.2, 0) is 0 Å². The first kappa shape index (κ1) is 25.1. The fourth-order valence-electron chi connectivity index (χ4n) is 5.16. The smallest absolute Gasteiger partial charge is 0.294 e. The van der Waals surface area contributed by atoms with E-state index in [4.69, 9.17) is 0 Å². The molecule has 2 fully saturated rings. The van der Waals surface area contributed by atoms with Crippen molar-refractivity contribution < 1.29 is 14.5 Å². The molecule has 1 atom stereocenters. The summed E-state index contributed by atoms with van der Waals surface area (Å²) in [5.74, 6) is -0.378. The van der Waals surface area contributed by atoms with Crippen molar-refractivity contribution in [1.82, 2.24) is 20.0 Å². The standard InChI is InChI=1S/C26H27BrN6O4/c27-17-13-20(25(34)31-10-4-1-5-11-31)24(23(14-17)33(36)37)29-18-7-6-12-32(16-18)26(35)21-15-28-30-22-9-3-2-8-19(21)22/h2-3,8-9,13-15,18,29H,1,4-7,10-12,16H2/t18-/m1/s1. The third-order valence-corrected chi connectivity index (χ3v) is 7.44. The maximum absolute atomic E-state index is 13.5. The van der Waals surface area contributed by atoms with Crippen LogP contribution in [0.4, 0.5) is 11.4 Å². The molecule has 3 aromatic rings. The van der Waals surface area contributed by atoms with E-state index in [1.54, 1.807) is 15.9 Å². The summed E-state index contributed by atoms with van der Waals surface area (Å²) in [5.41, 5.74) is 1.44. The summed E-state index contributed by atoms with van der Waals surface area (Å²) < 4.78 is 0.475. The number of piperidine rings is 2. The average Bonchev–Trinajstić information content (AvgIpc) is 2.93. The van der Waals surface area contributed by atoms with Crippen LogP contribution in [0.3, 0.4) is 0 Å². The molecule has 192 valence electrons. The third kappa shape index (κ3) is 5.27. The number of anilines is 1. The van der Waals surface area contributed by atoms with Crippen molar-refractivity contribution in [1.29, 1.82) is 0 Å². The molecule has 2 aliphatic heterocycles. The maximum atomic E-state index is 13.5. The van der Waals surface area contributed by atoms with Gasteiger partial charge >= 0.3 is 0 Å². The predicted octanol–water partition coefficient (Wildman–Crippen LogP) is 4.64. The highest BCUT2D eigenvalue weighted by Gasteiger charge is 2.31. The van der Waals surface area contributed by atoms with Gasteiger partial charge in [0.15, 0.2) is 0 Å². The van der Waals surface area contributed by atoms with Crippen molar-refractivity contribution in [2.24, 2.45) is 0 Å². The number of carbonyl (C=O) groups excluding carboxylic acids is 2. The molecule has 5 rings (SSSR count). The number of hydrogen-bond donors (Lipinski definition) is 1. The molecule has 0 saturated carbocycles. The summed E-state index contributed by atoms with van der Waals surface area (Å²) in [6.45, 7) is 2.19. The van der Waals surface area contributed by atoms with Crippen molar-refractivity contribution >= 4 is 50.0 Å². The number of carbonyl (C=O) groups is 2. The zero-order chi connectivity index (χ0) is 25.9. The minimum atomic E-state index is -0.472. The number of nitro benzene ring substituents is 1. The average molecular weight is 567 g/mol. The second-order valence-corrected chi connectivity index (χ2v) is 10.4. The molecule has 2 aromatic carbocycles. The molecular weight excluding hydrogens is 540 g/mol. The number of benzene rings is 2. The van der Waals surface area contributed by atoms with Gasteiger partial charge in [0.05, 0.1) is 27.8 Å². The zero-order valence-electron chi connectivity index (χ0n) is 20.2. The van der Waals surface area contributed by atoms with Crippen LogP contribution in [0.5, 0.6) is 0 Å². The number of nitro groups is 1. The van der Waals surface area contributed by atoms with E-state index in [9.17, 15) is 19.7 Å². The Morgan fingerprint density at radius 1 is 1.00 bits per heavy atom. The number of halogens is 1. The fraction of sp³-hybridized carbons (Fsp3) is 0.385. The van der Waals surface area contributed by atoms with Gasteiger partial charge in [0.2, 0.25) is 0 Å². The van der Waals surface area contributed by atoms with Crippen molar-refractivity contribution in [3.05, 3.63) is 68.3 Å². The minimum Gasteiger partial charge on any atom is -0.374 e. The van der Waals surface area contributed by atoms with Gasteiger partial charge in [-0.1, -0.05) is 34.1 Å². The number of nitrogens with one attached hydrogen (secondary N) is 1. The number of amides is 2. The summed E-state index contributed by atoms with van der Waals surface area (Å²) in [4.78, 5) is 41.9. The summed E-state index contributed by atoms with van der Waals surface area (Å²) in [5, 5.41) is 24.1. The number of rotatable bonds is 5. The van der Waals surface area contributed by atoms with E-state index in [1.807, 2.05) is 24.3 Å². The van der Waals surface area contributed by atoms with Gasteiger partial charge in [-0.05, 0) is 44.2 Å². The highest BCUT2D eigenvalue weighted by atomic mass is 79.9. The van der Waals surface area contributed by atoms with Crippen LogP contribution in [0.2, 0.25) is 0 Å². The lowest BCUT2D eigenvalue weighted by Crippen LogP contribution is -2.45. The van der Waals surface area contributed by atoms with Crippen molar-refractivity contribution in [2.75, 3.05) is 31.5 Å². The highest BCUT2D eigenvalue weighted by molar-refractivity contribution is 9.10. The number of aromatic nitrogens is 2. The molecule has 0 bridgehead atoms. The normalized spacial score (nSPS) is 18.0. The first-order chi connectivity index (χ1) is 17.9. The Bertz CT molecular complexity index is 1350. The van der Waals surface area contributed by atoms with E-state index in [0.29, 0.717) is 48.2 Å². The Morgan fingerprint density at radius 2 is 1.73 bits per heavy atom. The molecular formula is C26H27BrN6O4. The molecule has 11 heteroatoms. The minimum absolute atomic E-state index is 0.160. The van der Waals surface area contributed by atoms with Gasteiger partial charge in [0, 0.05) is 48.1 Å². The van der Waals surface area contributed by atoms with Gasteiger partial charge in [-0.3, -0.25) is 19.7 Å². The lowest BCUT2D eigenvalue weighted by atomic mass is 10.0. The lowest BCUT2D eigenvalue weighted by Gasteiger charge is -2.34. The van der Waals surface area contributed by atoms with Gasteiger partial charge in [0.25, 0.3) is 17.5 Å². The van der Waals surface area contributed by atoms with Crippen LogP contribution in [0.15, 0.2) is 47.1 Å². The molecule has 0 aliphatic carbocycles. The first-order valence-electron chi connectivity index (χ1n) is 12.5. The fourth-order valence-corrected chi connectivity index (χ4v) is 5.60. The Balaban J connectivity index is 1.42. The molecule has 2 aliphatic rings. The van der Waals surface area contributed by atoms with Gasteiger partial charge < -0.3 is 15.1 Å². The van der Waals surface area contributed by atoms with E-state index in [2.05, 4.69) is 31.4 Å². The number of nitrogens with zero attached hydrogens (tertiary/aromatic N) is 5. The molecule has 2 saturated heterocycles. The van der Waals surface area contributed by atoms with E-state index >= 15 is 0 Å². The Morgan fingerprint density at radius 3 is 2.51 bits per heavy atom. The molecule has 10 nitrogen and oxygen atoms in total. The molecule has 0 unspecified atom stereocenters. The van der Waals surface area contributed by atoms with Crippen LogP contribution >= 0.6 is 15.9 Å². The second-order valence-electron chi connectivity index (χ2n) is 9.47. The summed E-state index contributed by atoms with van der Waals surface area (Å²) in [7, 11) is 0. The summed E-state index contributed by atoms with van der Waals surface area (Å²) in [6, 6.07) is 10.2. The highest BCUT2D eigenvalue weighted by Crippen LogP contribution is 2.35. The van der Waals surface area contributed by atoms with Crippen LogP contribution in [0, 0.1) is 10.1 Å². The van der Waals surface area contributed by atoms with Crippen LogP contribution in [0.25, 0.3) is 10.9 Å². The number of hydrogen-bond acceptors (Lipinski definition) is 7. The number of fused-ring (bicyclic) bond motifs is 1. The third-order valence-electron chi connectivity index (χ3n) is 6.99. The van der Waals surface area contributed by atoms with Gasteiger partial charge in [-0.2, -0.15) is 10.2 Å². The molecule has 1 aromatic heterocycles. The van der Waals surface area contributed by atoms with E-state index in [1.165, 1.54) is 12.3 Å². The lowest BCUT2D eigenvalue weighted by molar-refractivity contribution is -0.384. The van der Waals surface area contributed by atoms with Gasteiger partial charge in [-0.25, -0.2) is 0 Å². The topological polar surface area (TPSA) is 122 Å². The van der Waals surface area contributed by atoms with Crippen LogP contribution < -0.4 is 5.32 Å². The van der Waals surface area contributed by atoms with Crippen molar-refractivity contribution in [2.45, 2.75) is 38.1 Å². The molecule has 2 amide bonds. The van der Waals surface area contributed by atoms with Crippen LogP contribution in [-0.4, -0.2) is 69.0 Å².